The van der Waals surface area contributed by atoms with Crippen LogP contribution in [0, 0.1) is 0 Å². The molecule has 10 nitrogen and oxygen atoms in total. The van der Waals surface area contributed by atoms with E-state index in [-0.39, 0.29) is 17.1 Å². The highest BCUT2D eigenvalue weighted by atomic mass is 35.5. The smallest absolute Gasteiger partial charge is 0.229 e. The molecule has 3 heterocycles. The van der Waals surface area contributed by atoms with Crippen LogP contribution < -0.4 is 15.5 Å². The largest absolute Gasteiger partial charge is 0.368 e. The minimum atomic E-state index is -3.18. The molecule has 2 aliphatic rings. The number of benzene rings is 1. The van der Waals surface area contributed by atoms with Gasteiger partial charge in [0.15, 0.2) is 5.82 Å². The van der Waals surface area contributed by atoms with E-state index in [0.29, 0.717) is 48.7 Å². The average molecular weight is 563 g/mol. The van der Waals surface area contributed by atoms with E-state index in [0.717, 1.165) is 24.2 Å². The van der Waals surface area contributed by atoms with Crippen molar-refractivity contribution in [2.24, 2.45) is 4.99 Å². The molecule has 0 bridgehead atoms. The van der Waals surface area contributed by atoms with Gasteiger partial charge in [-0.2, -0.15) is 9.29 Å². The van der Waals surface area contributed by atoms with Gasteiger partial charge >= 0.3 is 0 Å². The molecule has 12 heteroatoms. The van der Waals surface area contributed by atoms with E-state index in [1.54, 1.807) is 6.20 Å². The number of nitrogens with zero attached hydrogens (tertiary/aromatic N) is 6. The monoisotopic (exact) mass is 562 g/mol. The number of halogens is 1. The van der Waals surface area contributed by atoms with E-state index in [1.807, 2.05) is 18.2 Å². The van der Waals surface area contributed by atoms with Gasteiger partial charge in [-0.05, 0) is 72.5 Å². The molecule has 2 fully saturated rings. The fraction of sp³-hybridized carbons (Fsp3) is 0.577. The van der Waals surface area contributed by atoms with E-state index in [2.05, 4.69) is 71.9 Å². The Balaban J connectivity index is 1.47. The van der Waals surface area contributed by atoms with Crippen LogP contribution in [0.4, 0.5) is 28.8 Å². The van der Waals surface area contributed by atoms with Gasteiger partial charge in [-0.15, -0.1) is 0 Å². The van der Waals surface area contributed by atoms with Gasteiger partial charge < -0.3 is 15.5 Å². The fourth-order valence-electron chi connectivity index (χ4n) is 5.56. The summed E-state index contributed by atoms with van der Waals surface area (Å²) in [6, 6.07) is 5.90. The maximum atomic E-state index is 11.8. The van der Waals surface area contributed by atoms with Crippen molar-refractivity contribution >= 4 is 57.2 Å². The number of piperidine rings is 1. The Morgan fingerprint density at radius 2 is 1.74 bits per heavy atom. The number of piperazine rings is 1. The summed E-state index contributed by atoms with van der Waals surface area (Å²) in [7, 11) is -0.997. The van der Waals surface area contributed by atoms with Gasteiger partial charge in [-0.3, -0.25) is 9.89 Å². The molecule has 0 spiro atoms. The van der Waals surface area contributed by atoms with Gasteiger partial charge in [0.2, 0.25) is 16.0 Å². The molecule has 2 aliphatic heterocycles. The third kappa shape index (κ3) is 6.22. The Morgan fingerprint density at radius 3 is 2.29 bits per heavy atom. The van der Waals surface area contributed by atoms with Crippen LogP contribution in [-0.2, 0) is 10.0 Å². The van der Waals surface area contributed by atoms with Crippen LogP contribution in [0.15, 0.2) is 29.4 Å². The number of hydrogen-bond donors (Lipinski definition) is 2. The van der Waals surface area contributed by atoms with Crippen LogP contribution in [0.1, 0.15) is 40.5 Å². The van der Waals surface area contributed by atoms with Gasteiger partial charge in [-0.25, -0.2) is 13.4 Å². The molecule has 0 aliphatic carbocycles. The minimum absolute atomic E-state index is 0.0330. The predicted molar refractivity (Wildman–Crippen MR) is 157 cm³/mol. The number of aromatic nitrogens is 2. The van der Waals surface area contributed by atoms with Crippen LogP contribution in [0.3, 0.4) is 0 Å². The molecule has 1 aromatic carbocycles. The standard InChI is InChI=1S/C26H39ClN8O2S/c1-25(2)15-19(16-26(3,4)33(25)6)30-23-21(28-5)17-29-24(32-23)31-18-8-9-22(20(27)14-18)34-10-12-35(13-11-34)38(7,36)37/h8-9,14,17,19H,5,10-13,15-16H2,1-4,6-7H3,(H2,29,30,31,32). The molecule has 1 aromatic heterocycles. The third-order valence-corrected chi connectivity index (χ3v) is 9.45. The first-order chi connectivity index (χ1) is 17.7. The lowest BCUT2D eigenvalue weighted by atomic mass is 9.77. The van der Waals surface area contributed by atoms with Gasteiger partial charge in [0, 0.05) is 49.0 Å². The normalized spacial score (nSPS) is 20.8. The summed E-state index contributed by atoms with van der Waals surface area (Å²) in [6.07, 6.45) is 4.83. The Hall–Kier alpha value is -2.47. The summed E-state index contributed by atoms with van der Waals surface area (Å²) in [5.41, 5.74) is 2.29. The SMILES string of the molecule is C=Nc1cnc(Nc2ccc(N3CCN(S(C)(=O)=O)CC3)c(Cl)c2)nc1NC1CC(C)(C)N(C)C(C)(C)C1. The first-order valence-corrected chi connectivity index (χ1v) is 15.0. The molecule has 0 unspecified atom stereocenters. The Morgan fingerprint density at radius 1 is 1.11 bits per heavy atom. The molecule has 0 saturated carbocycles. The van der Waals surface area contributed by atoms with E-state index < -0.39 is 10.0 Å². The fourth-order valence-corrected chi connectivity index (χ4v) is 6.68. The summed E-state index contributed by atoms with van der Waals surface area (Å²) in [5, 5.41) is 7.42. The Labute approximate surface area is 231 Å². The average Bonchev–Trinajstić information content (AvgIpc) is 2.82. The summed E-state index contributed by atoms with van der Waals surface area (Å²) in [4.78, 5) is 17.8. The van der Waals surface area contributed by atoms with Crippen molar-refractivity contribution in [1.82, 2.24) is 19.2 Å². The molecule has 0 amide bonds. The second kappa shape index (κ2) is 10.6. The zero-order valence-corrected chi connectivity index (χ0v) is 24.7. The lowest BCUT2D eigenvalue weighted by Crippen LogP contribution is -2.61. The first-order valence-electron chi connectivity index (χ1n) is 12.8. The molecule has 208 valence electrons. The van der Waals surface area contributed by atoms with Crippen LogP contribution in [0.5, 0.6) is 0 Å². The molecule has 0 atom stereocenters. The van der Waals surface area contributed by atoms with Crippen molar-refractivity contribution in [2.45, 2.75) is 57.7 Å². The quantitative estimate of drug-likeness (QED) is 0.480. The molecular weight excluding hydrogens is 524 g/mol. The second-order valence-electron chi connectivity index (χ2n) is 11.5. The summed E-state index contributed by atoms with van der Waals surface area (Å²) < 4.78 is 25.1. The van der Waals surface area contributed by atoms with Crippen molar-refractivity contribution in [2.75, 3.05) is 55.0 Å². The maximum absolute atomic E-state index is 11.8. The first kappa shape index (κ1) is 28.5. The molecule has 0 radical (unpaired) electrons. The lowest BCUT2D eigenvalue weighted by Gasteiger charge is -2.53. The topological polar surface area (TPSA) is 106 Å². The number of hydrogen-bond acceptors (Lipinski definition) is 9. The van der Waals surface area contributed by atoms with E-state index in [9.17, 15) is 8.42 Å². The highest BCUT2D eigenvalue weighted by Crippen LogP contribution is 2.39. The van der Waals surface area contributed by atoms with E-state index in [4.69, 9.17) is 16.6 Å². The highest BCUT2D eigenvalue weighted by molar-refractivity contribution is 7.88. The van der Waals surface area contributed by atoms with E-state index in [1.165, 1.54) is 10.6 Å². The molecule has 2 saturated heterocycles. The van der Waals surface area contributed by atoms with E-state index >= 15 is 0 Å². The van der Waals surface area contributed by atoms with Crippen molar-refractivity contribution in [3.05, 3.63) is 29.4 Å². The van der Waals surface area contributed by atoms with Crippen molar-refractivity contribution in [3.8, 4) is 0 Å². The van der Waals surface area contributed by atoms with Gasteiger partial charge in [0.1, 0.15) is 5.69 Å². The number of sulfonamides is 1. The zero-order valence-electron chi connectivity index (χ0n) is 23.1. The number of likely N-dealkylation sites (tertiary alicyclic amines) is 1. The lowest BCUT2D eigenvalue weighted by molar-refractivity contribution is -0.00771. The minimum Gasteiger partial charge on any atom is -0.368 e. The number of rotatable bonds is 7. The van der Waals surface area contributed by atoms with Gasteiger partial charge in [-0.1, -0.05) is 11.6 Å². The summed E-state index contributed by atoms with van der Waals surface area (Å²) in [6.45, 7) is 14.8. The van der Waals surface area contributed by atoms with Gasteiger partial charge in [0.25, 0.3) is 0 Å². The number of aliphatic imine (C=N–C) groups is 1. The van der Waals surface area contributed by atoms with Crippen LogP contribution in [0.25, 0.3) is 0 Å². The maximum Gasteiger partial charge on any atom is 0.229 e. The predicted octanol–water partition coefficient (Wildman–Crippen LogP) is 4.35. The summed E-state index contributed by atoms with van der Waals surface area (Å²) in [5.74, 6) is 1.07. The number of anilines is 4. The van der Waals surface area contributed by atoms with Crippen molar-refractivity contribution in [3.63, 3.8) is 0 Å². The Bertz CT molecular complexity index is 1270. The second-order valence-corrected chi connectivity index (χ2v) is 13.8. The molecule has 2 aromatic rings. The Kier molecular flexibility index (Phi) is 7.96. The highest BCUT2D eigenvalue weighted by Gasteiger charge is 2.43. The summed E-state index contributed by atoms with van der Waals surface area (Å²) >= 11 is 6.63. The molecule has 2 N–H and O–H groups in total. The molecule has 4 rings (SSSR count). The molecule has 38 heavy (non-hydrogen) atoms. The van der Waals surface area contributed by atoms with Crippen LogP contribution >= 0.6 is 11.6 Å². The van der Waals surface area contributed by atoms with Crippen LogP contribution in [-0.4, -0.2) is 90.9 Å². The van der Waals surface area contributed by atoms with Crippen molar-refractivity contribution in [1.29, 1.82) is 0 Å². The third-order valence-electron chi connectivity index (χ3n) is 7.84. The number of nitrogens with one attached hydrogen (secondary N) is 2. The van der Waals surface area contributed by atoms with Crippen LogP contribution in [0.2, 0.25) is 5.02 Å². The molecular formula is C26H39ClN8O2S. The van der Waals surface area contributed by atoms with Crippen molar-refractivity contribution < 1.29 is 8.42 Å². The zero-order chi connectivity index (χ0) is 27.9. The van der Waals surface area contributed by atoms with Gasteiger partial charge in [0.05, 0.1) is 23.2 Å².